The van der Waals surface area contributed by atoms with E-state index in [0.29, 0.717) is 37.5 Å². The highest BCUT2D eigenvalue weighted by atomic mass is 32.2. The molecule has 0 unspecified atom stereocenters. The summed E-state index contributed by atoms with van der Waals surface area (Å²) in [6.45, 7) is 1.52. The van der Waals surface area contributed by atoms with Crippen LogP contribution in [0.15, 0.2) is 72.0 Å². The summed E-state index contributed by atoms with van der Waals surface area (Å²) in [7, 11) is -2.09. The second-order valence-corrected chi connectivity index (χ2v) is 11.0. The molecule has 8 heteroatoms. The molecule has 0 atom stereocenters. The third-order valence-corrected chi connectivity index (χ3v) is 8.09. The maximum absolute atomic E-state index is 13.4. The maximum Gasteiger partial charge on any atom is 0.228 e. The number of benzene rings is 2. The molecule has 1 aliphatic rings. The average molecular weight is 496 g/mol. The van der Waals surface area contributed by atoms with Crippen LogP contribution in [0.25, 0.3) is 0 Å². The van der Waals surface area contributed by atoms with Gasteiger partial charge in [0, 0.05) is 19.6 Å². The summed E-state index contributed by atoms with van der Waals surface area (Å²) in [5, 5.41) is 0.0280. The molecule has 7 nitrogen and oxygen atoms in total. The third-order valence-electron chi connectivity index (χ3n) is 6.50. The first-order chi connectivity index (χ1) is 17.0. The van der Waals surface area contributed by atoms with Crippen molar-refractivity contribution in [2.24, 2.45) is 5.92 Å². The van der Waals surface area contributed by atoms with Gasteiger partial charge in [-0.05, 0) is 24.0 Å². The molecule has 0 N–H and O–H groups in total. The number of carbonyl (C=O) groups is 1. The van der Waals surface area contributed by atoms with Crippen molar-refractivity contribution in [3.8, 4) is 0 Å². The second-order valence-electron chi connectivity index (χ2n) is 9.08. The minimum absolute atomic E-state index is 0.0265. The Morgan fingerprint density at radius 2 is 1.66 bits per heavy atom. The van der Waals surface area contributed by atoms with Gasteiger partial charge >= 0.3 is 0 Å². The molecule has 1 saturated carbocycles. The molecule has 1 fully saturated rings. The zero-order chi connectivity index (χ0) is 24.7. The van der Waals surface area contributed by atoms with Crippen LogP contribution in [0.3, 0.4) is 0 Å². The predicted octanol–water partition coefficient (Wildman–Crippen LogP) is 4.07. The average Bonchev–Trinajstić information content (AvgIpc) is 3.53. The Bertz CT molecular complexity index is 1200. The topological polar surface area (TPSA) is 81.5 Å². The number of hydrogen-bond acceptors (Lipinski definition) is 5. The summed E-state index contributed by atoms with van der Waals surface area (Å²) in [6, 6.07) is 18.8. The van der Waals surface area contributed by atoms with Crippen LogP contribution < -0.4 is 0 Å². The van der Waals surface area contributed by atoms with E-state index in [9.17, 15) is 13.2 Å². The highest BCUT2D eigenvalue weighted by Crippen LogP contribution is 2.28. The fourth-order valence-electron chi connectivity index (χ4n) is 4.65. The molecule has 0 spiro atoms. The van der Waals surface area contributed by atoms with Crippen LogP contribution >= 0.6 is 0 Å². The van der Waals surface area contributed by atoms with Crippen LogP contribution in [-0.2, 0) is 38.2 Å². The molecule has 1 heterocycles. The first-order valence-corrected chi connectivity index (χ1v) is 13.8. The van der Waals surface area contributed by atoms with Crippen molar-refractivity contribution in [1.82, 2.24) is 14.5 Å². The summed E-state index contributed by atoms with van der Waals surface area (Å²) in [5.41, 5.74) is 2.37. The smallest absolute Gasteiger partial charge is 0.228 e. The standard InChI is InChI=1S/C27H33N3O4S/c1-34-17-16-29(26(31)24-14-8-9-15-24)20-25-18-28-27(30(25)19-22-10-4-2-5-11-22)35(32,33)21-23-12-6-3-7-13-23/h2-7,10-13,18,24H,8-9,14-17,19-21H2,1H3. The predicted molar refractivity (Wildman–Crippen MR) is 134 cm³/mol. The lowest BCUT2D eigenvalue weighted by Gasteiger charge is -2.26. The van der Waals surface area contributed by atoms with Crippen LogP contribution in [0.5, 0.6) is 0 Å². The Kier molecular flexibility index (Phi) is 8.36. The molecule has 1 amide bonds. The molecular weight excluding hydrogens is 462 g/mol. The number of methoxy groups -OCH3 is 1. The summed E-state index contributed by atoms with van der Waals surface area (Å²) in [5.74, 6) is 0.00680. The van der Waals surface area contributed by atoms with E-state index in [1.54, 1.807) is 34.9 Å². The normalized spacial score (nSPS) is 14.3. The maximum atomic E-state index is 13.4. The van der Waals surface area contributed by atoms with Gasteiger partial charge in [0.2, 0.25) is 20.9 Å². The highest BCUT2D eigenvalue weighted by Gasteiger charge is 2.29. The fourth-order valence-corrected chi connectivity index (χ4v) is 6.15. The minimum Gasteiger partial charge on any atom is -0.383 e. The van der Waals surface area contributed by atoms with Crippen LogP contribution in [0.2, 0.25) is 0 Å². The van der Waals surface area contributed by atoms with Gasteiger partial charge < -0.3 is 14.2 Å². The van der Waals surface area contributed by atoms with Crippen LogP contribution in [0.1, 0.15) is 42.5 Å². The lowest BCUT2D eigenvalue weighted by Crippen LogP contribution is -2.37. The minimum atomic E-state index is -3.71. The molecule has 4 rings (SSSR count). The third kappa shape index (κ3) is 6.38. The van der Waals surface area contributed by atoms with E-state index in [-0.39, 0.29) is 22.7 Å². The number of nitrogens with zero attached hydrogens (tertiary/aromatic N) is 3. The van der Waals surface area contributed by atoms with E-state index in [2.05, 4.69) is 4.98 Å². The summed E-state index contributed by atoms with van der Waals surface area (Å²) in [4.78, 5) is 19.5. The molecule has 1 aliphatic carbocycles. The molecule has 2 aromatic carbocycles. The van der Waals surface area contributed by atoms with Crippen LogP contribution in [0, 0.1) is 5.92 Å². The van der Waals surface area contributed by atoms with Gasteiger partial charge in [0.15, 0.2) is 0 Å². The van der Waals surface area contributed by atoms with Gasteiger partial charge in [0.1, 0.15) is 0 Å². The molecule has 3 aromatic rings. The zero-order valence-corrected chi connectivity index (χ0v) is 21.0. The quantitative estimate of drug-likeness (QED) is 0.401. The Morgan fingerprint density at radius 1 is 1.03 bits per heavy atom. The molecule has 0 aliphatic heterocycles. The van der Waals surface area contributed by atoms with Crippen LogP contribution in [0.4, 0.5) is 0 Å². The van der Waals surface area contributed by atoms with E-state index in [4.69, 9.17) is 4.74 Å². The monoisotopic (exact) mass is 495 g/mol. The zero-order valence-electron chi connectivity index (χ0n) is 20.2. The van der Waals surface area contributed by atoms with Crippen molar-refractivity contribution in [2.45, 2.75) is 49.7 Å². The Hall–Kier alpha value is -2.97. The Morgan fingerprint density at radius 3 is 2.29 bits per heavy atom. The van der Waals surface area contributed by atoms with Gasteiger partial charge in [-0.2, -0.15) is 0 Å². The molecule has 1 aromatic heterocycles. The second kappa shape index (κ2) is 11.6. The van der Waals surface area contributed by atoms with Crippen LogP contribution in [-0.4, -0.2) is 49.0 Å². The van der Waals surface area contributed by atoms with Crippen molar-refractivity contribution in [3.63, 3.8) is 0 Å². The molecule has 35 heavy (non-hydrogen) atoms. The van der Waals surface area contributed by atoms with E-state index in [1.165, 1.54) is 0 Å². The first kappa shape index (κ1) is 25.1. The number of carbonyl (C=O) groups excluding carboxylic acids is 1. The molecule has 0 bridgehead atoms. The number of imidazole rings is 1. The summed E-state index contributed by atoms with van der Waals surface area (Å²) in [6.07, 6.45) is 5.55. The number of ether oxygens (including phenoxy) is 1. The largest absolute Gasteiger partial charge is 0.383 e. The molecule has 186 valence electrons. The SMILES string of the molecule is COCCN(Cc1cnc(S(=O)(=O)Cc2ccccc2)n1Cc1ccccc1)C(=O)C1CCCC1. The van der Waals surface area contributed by atoms with E-state index >= 15 is 0 Å². The lowest BCUT2D eigenvalue weighted by atomic mass is 10.1. The van der Waals surface area contributed by atoms with E-state index in [1.807, 2.05) is 48.5 Å². The van der Waals surface area contributed by atoms with Gasteiger partial charge in [-0.1, -0.05) is 73.5 Å². The van der Waals surface area contributed by atoms with Gasteiger partial charge in [0.25, 0.3) is 0 Å². The Balaban J connectivity index is 1.67. The summed E-state index contributed by atoms with van der Waals surface area (Å²) >= 11 is 0. The van der Waals surface area contributed by atoms with E-state index < -0.39 is 9.84 Å². The molecule has 0 radical (unpaired) electrons. The molecular formula is C27H33N3O4S. The van der Waals surface area contributed by atoms with Crippen molar-refractivity contribution >= 4 is 15.7 Å². The lowest BCUT2D eigenvalue weighted by molar-refractivity contribution is -0.136. The summed E-state index contributed by atoms with van der Waals surface area (Å²) < 4.78 is 33.9. The van der Waals surface area contributed by atoms with Crippen molar-refractivity contribution < 1.29 is 17.9 Å². The van der Waals surface area contributed by atoms with Crippen molar-refractivity contribution in [2.75, 3.05) is 20.3 Å². The van der Waals surface area contributed by atoms with Gasteiger partial charge in [-0.15, -0.1) is 0 Å². The molecule has 0 saturated heterocycles. The fraction of sp³-hybridized carbons (Fsp3) is 0.407. The first-order valence-electron chi connectivity index (χ1n) is 12.1. The number of amides is 1. The number of sulfone groups is 1. The van der Waals surface area contributed by atoms with Crippen molar-refractivity contribution in [3.05, 3.63) is 83.7 Å². The van der Waals surface area contributed by atoms with Gasteiger partial charge in [-0.25, -0.2) is 13.4 Å². The number of hydrogen-bond donors (Lipinski definition) is 0. The van der Waals surface area contributed by atoms with Gasteiger partial charge in [0.05, 0.1) is 37.3 Å². The van der Waals surface area contributed by atoms with E-state index in [0.717, 1.165) is 31.2 Å². The van der Waals surface area contributed by atoms with Gasteiger partial charge in [-0.3, -0.25) is 4.79 Å². The number of aromatic nitrogens is 2. The Labute approximate surface area is 207 Å². The van der Waals surface area contributed by atoms with Crippen molar-refractivity contribution in [1.29, 1.82) is 0 Å². The highest BCUT2D eigenvalue weighted by molar-refractivity contribution is 7.90. The number of rotatable bonds is 11.